The molecule has 0 unspecified atom stereocenters. The number of allylic oxidation sites excluding steroid dienone is 1. The van der Waals surface area contributed by atoms with Gasteiger partial charge in [0.05, 0.1) is 54.3 Å². The van der Waals surface area contributed by atoms with Gasteiger partial charge in [-0.25, -0.2) is 9.79 Å². The summed E-state index contributed by atoms with van der Waals surface area (Å²) >= 11 is 4.85. The molecule has 0 saturated carbocycles. The van der Waals surface area contributed by atoms with Crippen molar-refractivity contribution in [3.05, 3.63) is 65.0 Å². The summed E-state index contributed by atoms with van der Waals surface area (Å²) in [6, 6.07) is 4.49. The number of thiazole rings is 1. The van der Waals surface area contributed by atoms with E-state index in [-0.39, 0.29) is 17.7 Å². The topological polar surface area (TPSA) is 105 Å². The van der Waals surface area contributed by atoms with Crippen LogP contribution in [-0.2, 0) is 9.53 Å². The molecule has 4 heterocycles. The molecule has 0 spiro atoms. The lowest BCUT2D eigenvalue weighted by Crippen LogP contribution is -2.40. The van der Waals surface area contributed by atoms with E-state index in [1.54, 1.807) is 32.1 Å². The fourth-order valence-corrected chi connectivity index (χ4v) is 6.84. The molecule has 0 aliphatic carbocycles. The first-order valence-corrected chi connectivity index (χ1v) is 15.0. The van der Waals surface area contributed by atoms with Gasteiger partial charge in [-0.2, -0.15) is 0 Å². The minimum absolute atomic E-state index is 0.175. The van der Waals surface area contributed by atoms with E-state index in [2.05, 4.69) is 25.8 Å². The molecule has 2 aromatic heterocycles. The molecule has 1 saturated heterocycles. The minimum atomic E-state index is -0.839. The number of piperidine rings is 1. The number of rotatable bonds is 8. The van der Waals surface area contributed by atoms with Gasteiger partial charge in [-0.05, 0) is 66.7 Å². The van der Waals surface area contributed by atoms with Gasteiger partial charge in [-0.3, -0.25) is 9.36 Å². The number of carbonyl (C=O) groups excluding carboxylic acids is 1. The van der Waals surface area contributed by atoms with Gasteiger partial charge in [0, 0.05) is 25.2 Å². The van der Waals surface area contributed by atoms with Crippen molar-refractivity contribution < 1.29 is 28.2 Å². The molecule has 218 valence electrons. The average Bonchev–Trinajstić information content (AvgIpc) is 3.49. The lowest BCUT2D eigenvalue weighted by molar-refractivity contribution is -0.139. The minimum Gasteiger partial charge on any atom is -0.493 e. The fourth-order valence-electron chi connectivity index (χ4n) is 5.26. The highest BCUT2D eigenvalue weighted by atomic mass is 79.9. The van der Waals surface area contributed by atoms with Gasteiger partial charge in [0.15, 0.2) is 16.3 Å². The van der Waals surface area contributed by atoms with E-state index in [4.69, 9.17) is 23.4 Å². The number of carbonyl (C=O) groups is 1. The van der Waals surface area contributed by atoms with Crippen LogP contribution in [0.1, 0.15) is 50.5 Å². The molecule has 41 heavy (non-hydrogen) atoms. The van der Waals surface area contributed by atoms with Crippen molar-refractivity contribution in [2.45, 2.75) is 39.2 Å². The van der Waals surface area contributed by atoms with E-state index in [0.29, 0.717) is 43.6 Å². The Kier molecular flexibility index (Phi) is 8.60. The zero-order valence-electron chi connectivity index (χ0n) is 23.6. The third-order valence-corrected chi connectivity index (χ3v) is 8.68. The summed E-state index contributed by atoms with van der Waals surface area (Å²) in [7, 11) is 4.54. The highest BCUT2D eigenvalue weighted by Gasteiger charge is 2.35. The number of halogens is 1. The number of fused-ring (bicyclic) bond motifs is 1. The average molecular weight is 647 g/mol. The largest absolute Gasteiger partial charge is 0.493 e. The molecule has 5 rings (SSSR count). The molecule has 10 nitrogen and oxygen atoms in total. The van der Waals surface area contributed by atoms with Crippen molar-refractivity contribution >= 4 is 45.2 Å². The highest BCUT2D eigenvalue weighted by molar-refractivity contribution is 9.10. The molecule has 2 aliphatic rings. The number of hydrogen-bond donors (Lipinski definition) is 0. The van der Waals surface area contributed by atoms with Gasteiger partial charge in [0.25, 0.3) is 5.56 Å². The molecular formula is C29H32BrN3O7S. The predicted molar refractivity (Wildman–Crippen MR) is 159 cm³/mol. The lowest BCUT2D eigenvalue weighted by atomic mass is 9.95. The van der Waals surface area contributed by atoms with Crippen LogP contribution in [0.25, 0.3) is 6.08 Å². The van der Waals surface area contributed by atoms with Crippen molar-refractivity contribution in [1.29, 1.82) is 0 Å². The standard InChI is InChI=1S/C29H32BrN3O7S/c1-6-39-28(35)23-16(2)31-29-33(24(23)17-12-20(36-3)25(38-5)21(13-17)37-4)26(34)22(41-29)15-18-14-19(30)27(40-18)32-10-8-7-9-11-32/h12-15,24H,6-11H2,1-5H3/b22-15+/t24-/m1/s1. The number of anilines is 1. The number of methoxy groups -OCH3 is 3. The maximum absolute atomic E-state index is 14.0. The monoisotopic (exact) mass is 645 g/mol. The third kappa shape index (κ3) is 5.42. The Labute approximate surface area is 249 Å². The van der Waals surface area contributed by atoms with Crippen LogP contribution in [0.5, 0.6) is 17.2 Å². The van der Waals surface area contributed by atoms with Gasteiger partial charge < -0.3 is 28.3 Å². The summed E-state index contributed by atoms with van der Waals surface area (Å²) in [6.45, 7) is 5.51. The van der Waals surface area contributed by atoms with Gasteiger partial charge in [0.2, 0.25) is 11.6 Å². The molecule has 0 N–H and O–H groups in total. The van der Waals surface area contributed by atoms with Crippen LogP contribution in [0.2, 0.25) is 0 Å². The second kappa shape index (κ2) is 12.2. The third-order valence-electron chi connectivity index (χ3n) is 7.12. The number of nitrogens with zero attached hydrogens (tertiary/aromatic N) is 3. The molecule has 0 bridgehead atoms. The zero-order chi connectivity index (χ0) is 29.3. The predicted octanol–water partition coefficient (Wildman–Crippen LogP) is 4.17. The summed E-state index contributed by atoms with van der Waals surface area (Å²) in [5.74, 6) is 1.95. The molecule has 1 aromatic carbocycles. The van der Waals surface area contributed by atoms with Crippen LogP contribution in [0.3, 0.4) is 0 Å². The molecule has 1 fully saturated rings. The maximum atomic E-state index is 14.0. The quantitative estimate of drug-likeness (QED) is 0.336. The molecular weight excluding hydrogens is 614 g/mol. The fraction of sp³-hybridized carbons (Fsp3) is 0.414. The van der Waals surface area contributed by atoms with E-state index >= 15 is 0 Å². The zero-order valence-corrected chi connectivity index (χ0v) is 26.0. The summed E-state index contributed by atoms with van der Waals surface area (Å²) in [5, 5.41) is 0. The molecule has 1 atom stereocenters. The molecule has 12 heteroatoms. The number of furan rings is 1. The number of aromatic nitrogens is 1. The first-order chi connectivity index (χ1) is 19.8. The molecule has 0 amide bonds. The Hall–Kier alpha value is -3.51. The van der Waals surface area contributed by atoms with Crippen molar-refractivity contribution in [3.63, 3.8) is 0 Å². The summed E-state index contributed by atoms with van der Waals surface area (Å²) < 4.78 is 31.0. The first kappa shape index (κ1) is 29.0. The van der Waals surface area contributed by atoms with E-state index < -0.39 is 12.0 Å². The van der Waals surface area contributed by atoms with Gasteiger partial charge >= 0.3 is 5.97 Å². The smallest absolute Gasteiger partial charge is 0.338 e. The normalized spacial score (nSPS) is 17.3. The van der Waals surface area contributed by atoms with Crippen LogP contribution in [-0.4, -0.2) is 51.6 Å². The van der Waals surface area contributed by atoms with Gasteiger partial charge in [-0.1, -0.05) is 11.3 Å². The van der Waals surface area contributed by atoms with Crippen molar-refractivity contribution in [3.8, 4) is 17.2 Å². The van der Waals surface area contributed by atoms with Crippen LogP contribution in [0.4, 0.5) is 5.88 Å². The van der Waals surface area contributed by atoms with Crippen LogP contribution in [0, 0.1) is 0 Å². The Bertz CT molecular complexity index is 1660. The second-order valence-electron chi connectivity index (χ2n) is 9.61. The number of benzene rings is 1. The summed E-state index contributed by atoms with van der Waals surface area (Å²) in [4.78, 5) is 34.6. The summed E-state index contributed by atoms with van der Waals surface area (Å²) in [5.41, 5.74) is 0.989. The number of ether oxygens (including phenoxy) is 4. The van der Waals surface area contributed by atoms with E-state index in [9.17, 15) is 9.59 Å². The lowest BCUT2D eigenvalue weighted by Gasteiger charge is -2.26. The summed E-state index contributed by atoms with van der Waals surface area (Å²) in [6.07, 6.45) is 5.16. The van der Waals surface area contributed by atoms with Crippen LogP contribution in [0.15, 0.2) is 48.1 Å². The van der Waals surface area contributed by atoms with Gasteiger partial charge in [0.1, 0.15) is 5.76 Å². The Morgan fingerprint density at radius 1 is 1.12 bits per heavy atom. The number of hydrogen-bond acceptors (Lipinski definition) is 10. The van der Waals surface area contributed by atoms with E-state index in [1.165, 1.54) is 43.7 Å². The van der Waals surface area contributed by atoms with Crippen LogP contribution >= 0.6 is 27.3 Å². The van der Waals surface area contributed by atoms with E-state index in [0.717, 1.165) is 36.3 Å². The Morgan fingerprint density at radius 3 is 2.41 bits per heavy atom. The Balaban J connectivity index is 1.68. The van der Waals surface area contributed by atoms with Gasteiger partial charge in [-0.15, -0.1) is 0 Å². The van der Waals surface area contributed by atoms with Crippen molar-refractivity contribution in [2.24, 2.45) is 4.99 Å². The molecule has 2 aliphatic heterocycles. The number of esters is 1. The maximum Gasteiger partial charge on any atom is 0.338 e. The molecule has 0 radical (unpaired) electrons. The Morgan fingerprint density at radius 2 is 1.80 bits per heavy atom. The van der Waals surface area contributed by atoms with Crippen molar-refractivity contribution in [1.82, 2.24) is 4.57 Å². The SMILES string of the molecule is CCOC(=O)C1=C(C)N=c2s/c(=C/c3cc(Br)c(N4CCCCC4)o3)c(=O)n2[C@@H]1c1cc(OC)c(OC)c(OC)c1. The highest BCUT2D eigenvalue weighted by Crippen LogP contribution is 2.42. The first-order valence-electron chi connectivity index (χ1n) is 13.3. The second-order valence-corrected chi connectivity index (χ2v) is 11.5. The van der Waals surface area contributed by atoms with E-state index in [1.807, 2.05) is 6.07 Å². The van der Waals surface area contributed by atoms with Crippen molar-refractivity contribution in [2.75, 3.05) is 45.9 Å². The van der Waals surface area contributed by atoms with Crippen LogP contribution < -0.4 is 34.0 Å². The molecule has 3 aromatic rings.